The molecule has 0 aromatic heterocycles. The van der Waals surface area contributed by atoms with Crippen molar-refractivity contribution in [3.63, 3.8) is 0 Å². The van der Waals surface area contributed by atoms with E-state index in [2.05, 4.69) is 9.44 Å². The third kappa shape index (κ3) is 4.44. The third-order valence-corrected chi connectivity index (χ3v) is 6.74. The summed E-state index contributed by atoms with van der Waals surface area (Å²) in [5.41, 5.74) is 0.460. The fraction of sp³-hybridized carbons (Fsp3) is 0. The van der Waals surface area contributed by atoms with Gasteiger partial charge >= 0.3 is 0 Å². The molecule has 0 saturated heterocycles. The molecule has 6 nitrogen and oxygen atoms in total. The summed E-state index contributed by atoms with van der Waals surface area (Å²) in [5, 5.41) is -0.323. The van der Waals surface area contributed by atoms with Gasteiger partial charge in [-0.05, 0) is 48.5 Å². The zero-order valence-corrected chi connectivity index (χ0v) is 16.5. The summed E-state index contributed by atoms with van der Waals surface area (Å²) >= 11 is 5.62. The fourth-order valence-electron chi connectivity index (χ4n) is 2.32. The van der Waals surface area contributed by atoms with Crippen LogP contribution in [-0.4, -0.2) is 16.8 Å². The molecular weight excluding hydrogens is 427 g/mol. The molecule has 0 unspecified atom stereocenters. The lowest BCUT2D eigenvalue weighted by Gasteiger charge is -2.11. The number of hydrogen-bond donors (Lipinski definition) is 2. The first kappa shape index (κ1) is 20.1. The van der Waals surface area contributed by atoms with Crippen molar-refractivity contribution in [2.45, 2.75) is 9.79 Å². The molecule has 3 aromatic rings. The Labute approximate surface area is 167 Å². The van der Waals surface area contributed by atoms with Gasteiger partial charge in [-0.25, -0.2) is 21.2 Å². The number of sulfonamides is 2. The van der Waals surface area contributed by atoms with Crippen molar-refractivity contribution in [2.24, 2.45) is 0 Å². The normalized spacial score (nSPS) is 11.8. The van der Waals surface area contributed by atoms with E-state index in [9.17, 15) is 21.2 Å². The molecule has 0 saturated carbocycles. The van der Waals surface area contributed by atoms with Gasteiger partial charge in [0.15, 0.2) is 5.82 Å². The molecule has 2 N–H and O–H groups in total. The summed E-state index contributed by atoms with van der Waals surface area (Å²) in [6, 6.07) is 16.9. The van der Waals surface area contributed by atoms with Gasteiger partial charge in [0.1, 0.15) is 4.90 Å². The number of nitrogens with one attached hydrogen (secondary N) is 2. The van der Waals surface area contributed by atoms with Crippen molar-refractivity contribution in [1.29, 1.82) is 0 Å². The lowest BCUT2D eigenvalue weighted by Crippen LogP contribution is -2.15. The first-order valence-electron chi connectivity index (χ1n) is 7.84. The number of hydrogen-bond acceptors (Lipinski definition) is 4. The highest BCUT2D eigenvalue weighted by molar-refractivity contribution is 7.93. The lowest BCUT2D eigenvalue weighted by atomic mass is 10.3. The summed E-state index contributed by atoms with van der Waals surface area (Å²) in [6.45, 7) is 0. The van der Waals surface area contributed by atoms with E-state index in [0.717, 1.165) is 6.07 Å². The summed E-state index contributed by atoms with van der Waals surface area (Å²) in [4.78, 5) is -0.671. The Morgan fingerprint density at radius 2 is 1.25 bits per heavy atom. The predicted molar refractivity (Wildman–Crippen MR) is 106 cm³/mol. The maximum absolute atomic E-state index is 14.0. The zero-order chi connectivity index (χ0) is 20.4. The van der Waals surface area contributed by atoms with Gasteiger partial charge in [-0.1, -0.05) is 35.9 Å². The monoisotopic (exact) mass is 440 g/mol. The average Bonchev–Trinajstić information content (AvgIpc) is 2.64. The second-order valence-corrected chi connectivity index (χ2v) is 9.39. The molecule has 0 aliphatic heterocycles. The van der Waals surface area contributed by atoms with Crippen molar-refractivity contribution in [1.82, 2.24) is 0 Å². The zero-order valence-electron chi connectivity index (χ0n) is 14.1. The SMILES string of the molecule is O=S(=O)(Nc1ccccc1)c1ccc(NS(=O)(=O)c2cccc(Cl)c2F)cc1. The summed E-state index contributed by atoms with van der Waals surface area (Å²) < 4.78 is 68.1. The smallest absolute Gasteiger partial charge is 0.264 e. The third-order valence-electron chi connectivity index (χ3n) is 3.65. The van der Waals surface area contributed by atoms with E-state index in [1.807, 2.05) is 0 Å². The molecule has 0 heterocycles. The van der Waals surface area contributed by atoms with Gasteiger partial charge in [-0.2, -0.15) is 0 Å². The number of rotatable bonds is 6. The van der Waals surface area contributed by atoms with Crippen molar-refractivity contribution >= 4 is 43.0 Å². The molecule has 10 heteroatoms. The van der Waals surface area contributed by atoms with E-state index >= 15 is 0 Å². The van der Waals surface area contributed by atoms with Crippen molar-refractivity contribution < 1.29 is 21.2 Å². The Bertz CT molecular complexity index is 1200. The Balaban J connectivity index is 1.82. The van der Waals surface area contributed by atoms with Crippen LogP contribution in [0.2, 0.25) is 5.02 Å². The van der Waals surface area contributed by atoms with Gasteiger partial charge in [0.05, 0.1) is 9.92 Å². The van der Waals surface area contributed by atoms with Crippen LogP contribution >= 0.6 is 11.6 Å². The van der Waals surface area contributed by atoms with Gasteiger partial charge in [-0.15, -0.1) is 0 Å². The molecule has 3 aromatic carbocycles. The highest BCUT2D eigenvalue weighted by Crippen LogP contribution is 2.25. The van der Waals surface area contributed by atoms with Gasteiger partial charge in [-0.3, -0.25) is 9.44 Å². The first-order valence-corrected chi connectivity index (χ1v) is 11.2. The second kappa shape index (κ2) is 7.78. The van der Waals surface area contributed by atoms with Crippen LogP contribution in [0.4, 0.5) is 15.8 Å². The summed E-state index contributed by atoms with van der Waals surface area (Å²) in [6.07, 6.45) is 0. The average molecular weight is 441 g/mol. The van der Waals surface area contributed by atoms with E-state index in [-0.39, 0.29) is 15.6 Å². The Kier molecular flexibility index (Phi) is 5.59. The summed E-state index contributed by atoms with van der Waals surface area (Å²) in [7, 11) is -8.08. The number of benzene rings is 3. The standard InChI is InChI=1S/C18H14ClFN2O4S2/c19-16-7-4-8-17(18(16)20)28(25,26)22-14-9-11-15(12-10-14)27(23,24)21-13-5-2-1-3-6-13/h1-12,21-22H. The maximum atomic E-state index is 14.0. The molecule has 0 amide bonds. The lowest BCUT2D eigenvalue weighted by molar-refractivity contribution is 0.570. The van der Waals surface area contributed by atoms with Gasteiger partial charge < -0.3 is 0 Å². The van der Waals surface area contributed by atoms with Crippen molar-refractivity contribution in [3.8, 4) is 0 Å². The molecule has 146 valence electrons. The van der Waals surface area contributed by atoms with Gasteiger partial charge in [0, 0.05) is 11.4 Å². The van der Waals surface area contributed by atoms with E-state index in [1.54, 1.807) is 30.3 Å². The largest absolute Gasteiger partial charge is 0.280 e. The number of para-hydroxylation sites is 1. The van der Waals surface area contributed by atoms with Crippen LogP contribution in [0.5, 0.6) is 0 Å². The van der Waals surface area contributed by atoms with E-state index in [4.69, 9.17) is 11.6 Å². The van der Waals surface area contributed by atoms with E-state index < -0.39 is 30.8 Å². The number of halogens is 2. The van der Waals surface area contributed by atoms with Gasteiger partial charge in [0.2, 0.25) is 0 Å². The van der Waals surface area contributed by atoms with Crippen LogP contribution in [0.15, 0.2) is 82.6 Å². The van der Waals surface area contributed by atoms with E-state index in [1.165, 1.54) is 36.4 Å². The minimum Gasteiger partial charge on any atom is -0.280 e. The predicted octanol–water partition coefficient (Wildman–Crippen LogP) is 4.08. The molecule has 0 aliphatic carbocycles. The quantitative estimate of drug-likeness (QED) is 0.604. The number of anilines is 2. The van der Waals surface area contributed by atoms with Crippen LogP contribution in [0.1, 0.15) is 0 Å². The molecule has 28 heavy (non-hydrogen) atoms. The van der Waals surface area contributed by atoms with Crippen LogP contribution in [0.25, 0.3) is 0 Å². The molecular formula is C18H14ClFN2O4S2. The Morgan fingerprint density at radius 3 is 1.89 bits per heavy atom. The Morgan fingerprint density at radius 1 is 0.679 bits per heavy atom. The molecule has 0 spiro atoms. The molecule has 0 radical (unpaired) electrons. The van der Waals surface area contributed by atoms with Crippen molar-refractivity contribution in [3.05, 3.63) is 83.6 Å². The minimum absolute atomic E-state index is 0.0618. The fourth-order valence-corrected chi connectivity index (χ4v) is 4.77. The highest BCUT2D eigenvalue weighted by Gasteiger charge is 2.21. The molecule has 0 bridgehead atoms. The summed E-state index contributed by atoms with van der Waals surface area (Å²) in [5.74, 6) is -1.07. The molecule has 0 atom stereocenters. The molecule has 0 fully saturated rings. The van der Waals surface area contributed by atoms with Crippen LogP contribution in [-0.2, 0) is 20.0 Å². The first-order chi connectivity index (χ1) is 13.2. The highest BCUT2D eigenvalue weighted by atomic mass is 35.5. The molecule has 0 aliphatic rings. The second-order valence-electron chi connectivity index (χ2n) is 5.65. The van der Waals surface area contributed by atoms with Crippen LogP contribution in [0.3, 0.4) is 0 Å². The van der Waals surface area contributed by atoms with Gasteiger partial charge in [0.25, 0.3) is 20.0 Å². The molecule has 3 rings (SSSR count). The van der Waals surface area contributed by atoms with Crippen LogP contribution in [0, 0.1) is 5.82 Å². The van der Waals surface area contributed by atoms with E-state index in [0.29, 0.717) is 5.69 Å². The Hall–Kier alpha value is -2.62. The maximum Gasteiger partial charge on any atom is 0.264 e. The van der Waals surface area contributed by atoms with Crippen molar-refractivity contribution in [2.75, 3.05) is 9.44 Å². The topological polar surface area (TPSA) is 92.3 Å². The van der Waals surface area contributed by atoms with Crippen LogP contribution < -0.4 is 9.44 Å². The minimum atomic E-state index is -4.24.